The van der Waals surface area contributed by atoms with E-state index in [0.29, 0.717) is 5.69 Å². The van der Waals surface area contributed by atoms with Gasteiger partial charge in [0.15, 0.2) is 0 Å². The van der Waals surface area contributed by atoms with E-state index in [0.717, 1.165) is 16.8 Å². The Hall–Kier alpha value is -2.60. The van der Waals surface area contributed by atoms with Crippen molar-refractivity contribution in [2.75, 3.05) is 23.8 Å². The van der Waals surface area contributed by atoms with Crippen molar-refractivity contribution in [2.24, 2.45) is 0 Å². The second kappa shape index (κ2) is 7.31. The summed E-state index contributed by atoms with van der Waals surface area (Å²) in [6, 6.07) is 10.0. The van der Waals surface area contributed by atoms with E-state index in [1.807, 2.05) is 37.9 Å². The van der Waals surface area contributed by atoms with Crippen LogP contribution in [0.5, 0.6) is 0 Å². The van der Waals surface area contributed by atoms with Crippen molar-refractivity contribution in [3.8, 4) is 0 Å². The van der Waals surface area contributed by atoms with Crippen molar-refractivity contribution < 1.29 is 9.72 Å². The lowest BCUT2D eigenvalue weighted by atomic mass is 10.1. The summed E-state index contributed by atoms with van der Waals surface area (Å²) in [5.74, 6) is -0.257. The number of carbonyl (C=O) groups excluding carboxylic acids is 1. The zero-order valence-corrected chi connectivity index (χ0v) is 14.4. The lowest BCUT2D eigenvalue weighted by Crippen LogP contribution is -2.30. The molecule has 1 N–H and O–H groups in total. The topological polar surface area (TPSA) is 75.5 Å². The highest BCUT2D eigenvalue weighted by molar-refractivity contribution is 6.34. The van der Waals surface area contributed by atoms with Crippen molar-refractivity contribution in [1.29, 1.82) is 0 Å². The molecule has 0 aliphatic carbocycles. The van der Waals surface area contributed by atoms with Gasteiger partial charge in [0, 0.05) is 24.9 Å². The summed E-state index contributed by atoms with van der Waals surface area (Å²) in [5.41, 5.74) is 3.41. The smallest absolute Gasteiger partial charge is 0.271 e. The van der Waals surface area contributed by atoms with Crippen LogP contribution in [0.3, 0.4) is 0 Å². The quantitative estimate of drug-likeness (QED) is 0.656. The van der Waals surface area contributed by atoms with Crippen molar-refractivity contribution in [3.05, 3.63) is 62.7 Å². The first-order chi connectivity index (χ1) is 11.3. The van der Waals surface area contributed by atoms with Gasteiger partial charge in [0.1, 0.15) is 0 Å². The monoisotopic (exact) mass is 347 g/mol. The Labute approximate surface area is 145 Å². The molecule has 0 radical (unpaired) electrons. The first-order valence-corrected chi connectivity index (χ1v) is 7.67. The highest BCUT2D eigenvalue weighted by atomic mass is 35.5. The highest BCUT2D eigenvalue weighted by Gasteiger charge is 2.13. The Kier molecular flexibility index (Phi) is 5.41. The standard InChI is InChI=1S/C17H18ClN3O3/c1-11-6-12(2)8-14(7-11)20(3)10-17(22)19-16-5-4-13(21(23)24)9-15(16)18/h4-9H,10H2,1-3H3,(H,19,22). The molecule has 2 rings (SSSR count). The average molecular weight is 348 g/mol. The number of nitro benzene ring substituents is 1. The van der Waals surface area contributed by atoms with Gasteiger partial charge in [-0.1, -0.05) is 17.7 Å². The van der Waals surface area contributed by atoms with Crippen LogP contribution in [0.4, 0.5) is 17.1 Å². The Morgan fingerprint density at radius 3 is 2.38 bits per heavy atom. The lowest BCUT2D eigenvalue weighted by Gasteiger charge is -2.20. The van der Waals surface area contributed by atoms with E-state index in [4.69, 9.17) is 11.6 Å². The van der Waals surface area contributed by atoms with Crippen LogP contribution in [0.2, 0.25) is 5.02 Å². The Morgan fingerprint density at radius 1 is 1.21 bits per heavy atom. The van der Waals surface area contributed by atoms with Crippen molar-refractivity contribution in [3.63, 3.8) is 0 Å². The third-order valence-corrected chi connectivity index (χ3v) is 3.78. The zero-order chi connectivity index (χ0) is 17.9. The number of nitrogens with one attached hydrogen (secondary N) is 1. The van der Waals surface area contributed by atoms with Crippen LogP contribution >= 0.6 is 11.6 Å². The van der Waals surface area contributed by atoms with Crippen LogP contribution in [0.1, 0.15) is 11.1 Å². The number of anilines is 2. The first kappa shape index (κ1) is 17.7. The first-order valence-electron chi connectivity index (χ1n) is 7.29. The maximum Gasteiger partial charge on any atom is 0.271 e. The molecule has 0 saturated heterocycles. The predicted molar refractivity (Wildman–Crippen MR) is 95.9 cm³/mol. The van der Waals surface area contributed by atoms with Gasteiger partial charge in [-0.05, 0) is 43.2 Å². The van der Waals surface area contributed by atoms with Crippen molar-refractivity contribution >= 4 is 34.6 Å². The second-order valence-corrected chi connectivity index (χ2v) is 6.08. The number of hydrogen-bond donors (Lipinski definition) is 1. The van der Waals surface area contributed by atoms with Crippen LogP contribution in [0, 0.1) is 24.0 Å². The van der Waals surface area contributed by atoms with E-state index in [1.54, 1.807) is 0 Å². The molecule has 0 bridgehead atoms. The molecule has 24 heavy (non-hydrogen) atoms. The van der Waals surface area contributed by atoms with Gasteiger partial charge >= 0.3 is 0 Å². The number of amides is 1. The summed E-state index contributed by atoms with van der Waals surface area (Å²) in [4.78, 5) is 24.2. The molecule has 2 aromatic rings. The number of likely N-dealkylation sites (N-methyl/N-ethyl adjacent to an activating group) is 1. The van der Waals surface area contributed by atoms with Crippen LogP contribution in [-0.2, 0) is 4.79 Å². The van der Waals surface area contributed by atoms with Crippen LogP contribution in [-0.4, -0.2) is 24.4 Å². The molecule has 0 unspecified atom stereocenters. The molecule has 2 aromatic carbocycles. The van der Waals surface area contributed by atoms with E-state index >= 15 is 0 Å². The van der Waals surface area contributed by atoms with Gasteiger partial charge in [-0.2, -0.15) is 0 Å². The highest BCUT2D eigenvalue weighted by Crippen LogP contribution is 2.26. The molecule has 0 fully saturated rings. The third kappa shape index (κ3) is 4.45. The Morgan fingerprint density at radius 2 is 1.83 bits per heavy atom. The molecule has 0 aliphatic rings. The molecule has 126 valence electrons. The van der Waals surface area contributed by atoms with Crippen LogP contribution in [0.25, 0.3) is 0 Å². The van der Waals surface area contributed by atoms with E-state index < -0.39 is 4.92 Å². The van der Waals surface area contributed by atoms with Gasteiger partial charge in [0.25, 0.3) is 5.69 Å². The predicted octanol–water partition coefficient (Wildman–Crippen LogP) is 3.94. The SMILES string of the molecule is Cc1cc(C)cc(N(C)CC(=O)Nc2ccc([N+](=O)[O-])cc2Cl)c1. The number of carbonyl (C=O) groups is 1. The van der Waals surface area contributed by atoms with Gasteiger partial charge in [0.05, 0.1) is 22.2 Å². The average Bonchev–Trinajstić information content (AvgIpc) is 2.48. The molecule has 0 heterocycles. The van der Waals surface area contributed by atoms with Gasteiger partial charge < -0.3 is 10.2 Å². The molecule has 0 aromatic heterocycles. The summed E-state index contributed by atoms with van der Waals surface area (Å²) >= 11 is 5.98. The van der Waals surface area contributed by atoms with Gasteiger partial charge in [-0.3, -0.25) is 14.9 Å². The van der Waals surface area contributed by atoms with E-state index in [2.05, 4.69) is 11.4 Å². The molecule has 0 aliphatic heterocycles. The van der Waals surface area contributed by atoms with E-state index in [1.165, 1.54) is 18.2 Å². The molecular formula is C17H18ClN3O3. The third-order valence-electron chi connectivity index (χ3n) is 3.47. The number of nitro groups is 1. The number of rotatable bonds is 5. The molecule has 0 atom stereocenters. The minimum atomic E-state index is -0.536. The molecule has 0 spiro atoms. The van der Waals surface area contributed by atoms with Gasteiger partial charge in [-0.15, -0.1) is 0 Å². The molecule has 1 amide bonds. The lowest BCUT2D eigenvalue weighted by molar-refractivity contribution is -0.384. The maximum atomic E-state index is 12.2. The van der Waals surface area contributed by atoms with Gasteiger partial charge in [0.2, 0.25) is 5.91 Å². The Bertz CT molecular complexity index is 772. The fourth-order valence-corrected chi connectivity index (χ4v) is 2.61. The minimum Gasteiger partial charge on any atom is -0.365 e. The summed E-state index contributed by atoms with van der Waals surface area (Å²) < 4.78 is 0. The number of aryl methyl sites for hydroxylation is 2. The minimum absolute atomic E-state index is 0.120. The largest absolute Gasteiger partial charge is 0.365 e. The summed E-state index contributed by atoms with van der Waals surface area (Å²) in [7, 11) is 1.82. The van der Waals surface area contributed by atoms with Gasteiger partial charge in [-0.25, -0.2) is 0 Å². The number of benzene rings is 2. The normalized spacial score (nSPS) is 10.3. The molecule has 7 heteroatoms. The number of hydrogen-bond acceptors (Lipinski definition) is 4. The molecule has 0 saturated carbocycles. The number of nitrogens with zero attached hydrogens (tertiary/aromatic N) is 2. The van der Waals surface area contributed by atoms with Crippen molar-refractivity contribution in [1.82, 2.24) is 0 Å². The summed E-state index contributed by atoms with van der Waals surface area (Å²) in [6.45, 7) is 4.14. The van der Waals surface area contributed by atoms with E-state index in [-0.39, 0.29) is 23.2 Å². The maximum absolute atomic E-state index is 12.2. The fraction of sp³-hybridized carbons (Fsp3) is 0.235. The van der Waals surface area contributed by atoms with Crippen LogP contribution < -0.4 is 10.2 Å². The fourth-order valence-electron chi connectivity index (χ4n) is 2.39. The zero-order valence-electron chi connectivity index (χ0n) is 13.7. The van der Waals surface area contributed by atoms with E-state index in [9.17, 15) is 14.9 Å². The Balaban J connectivity index is 2.06. The second-order valence-electron chi connectivity index (χ2n) is 5.67. The number of halogens is 1. The summed E-state index contributed by atoms with van der Waals surface area (Å²) in [5, 5.41) is 13.5. The van der Waals surface area contributed by atoms with Crippen LogP contribution in [0.15, 0.2) is 36.4 Å². The number of non-ortho nitro benzene ring substituents is 1. The van der Waals surface area contributed by atoms with Crippen molar-refractivity contribution in [2.45, 2.75) is 13.8 Å². The molecule has 6 nitrogen and oxygen atoms in total. The summed E-state index contributed by atoms with van der Waals surface area (Å²) in [6.07, 6.45) is 0. The molecular weight excluding hydrogens is 330 g/mol.